The molecule has 36 heavy (non-hydrogen) atoms. The highest BCUT2D eigenvalue weighted by Crippen LogP contribution is 2.41. The molecule has 3 heteroatoms. The van der Waals surface area contributed by atoms with E-state index >= 15 is 0 Å². The van der Waals surface area contributed by atoms with Crippen LogP contribution in [0.5, 0.6) is 0 Å². The largest absolute Gasteiger partial charge is 0.277 e. The second-order valence-electron chi connectivity index (χ2n) is 9.71. The fraction of sp³-hybridized carbons (Fsp3) is 0. The predicted octanol–water partition coefficient (Wildman–Crippen LogP) is 8.46. The molecule has 3 aromatic heterocycles. The van der Waals surface area contributed by atoms with Gasteiger partial charge in [-0.2, -0.15) is 0 Å². The van der Waals surface area contributed by atoms with Gasteiger partial charge in [0.1, 0.15) is 0 Å². The van der Waals surface area contributed by atoms with Crippen molar-refractivity contribution in [2.24, 2.45) is 0 Å². The maximum atomic E-state index is 5.11. The van der Waals surface area contributed by atoms with Gasteiger partial charge >= 0.3 is 0 Å². The summed E-state index contributed by atoms with van der Waals surface area (Å²) < 4.78 is 4.69. The fourth-order valence-electron chi connectivity index (χ4n) is 6.22. The van der Waals surface area contributed by atoms with Crippen molar-refractivity contribution in [1.29, 1.82) is 0 Å². The zero-order valence-electron chi connectivity index (χ0n) is 19.3. The van der Waals surface area contributed by atoms with E-state index in [1.807, 2.05) is 0 Å². The normalized spacial score (nSPS) is 12.4. The van der Waals surface area contributed by atoms with Crippen molar-refractivity contribution in [3.8, 4) is 11.1 Å². The van der Waals surface area contributed by atoms with Gasteiger partial charge in [-0.15, -0.1) is 0 Å². The van der Waals surface area contributed by atoms with Crippen molar-refractivity contribution in [1.82, 2.24) is 13.8 Å². The Morgan fingerprint density at radius 3 is 2.14 bits per heavy atom. The molecular weight excluding hydrogens is 438 g/mol. The summed E-state index contributed by atoms with van der Waals surface area (Å²) in [5.74, 6) is 0.969. The molecule has 0 unspecified atom stereocenters. The van der Waals surface area contributed by atoms with Crippen LogP contribution >= 0.6 is 0 Å². The van der Waals surface area contributed by atoms with Gasteiger partial charge in [-0.25, -0.2) is 4.98 Å². The molecule has 0 aliphatic heterocycles. The van der Waals surface area contributed by atoms with E-state index in [1.54, 1.807) is 0 Å². The molecule has 3 heterocycles. The van der Waals surface area contributed by atoms with Crippen LogP contribution in [0.15, 0.2) is 115 Å². The summed E-state index contributed by atoms with van der Waals surface area (Å²) >= 11 is 0. The van der Waals surface area contributed by atoms with Gasteiger partial charge < -0.3 is 0 Å². The Morgan fingerprint density at radius 1 is 0.472 bits per heavy atom. The van der Waals surface area contributed by atoms with Gasteiger partial charge in [0.25, 0.3) is 0 Å². The first-order chi connectivity index (χ1) is 17.8. The lowest BCUT2D eigenvalue weighted by atomic mass is 9.96. The monoisotopic (exact) mass is 457 g/mol. The number of fused-ring (bicyclic) bond motifs is 10. The van der Waals surface area contributed by atoms with Crippen LogP contribution in [-0.2, 0) is 0 Å². The summed E-state index contributed by atoms with van der Waals surface area (Å²) in [6.45, 7) is 0. The van der Waals surface area contributed by atoms with Crippen LogP contribution in [0.4, 0.5) is 0 Å². The van der Waals surface area contributed by atoms with E-state index in [1.165, 1.54) is 60.0 Å². The SMILES string of the molecule is c1ccc2cc3c(cc2c1)c1cc(-c2cccc4ccccc24)cc2c1n3c1nc3ccccc3n21. The quantitative estimate of drug-likeness (QED) is 0.242. The van der Waals surface area contributed by atoms with Crippen LogP contribution in [0.2, 0.25) is 0 Å². The molecule has 0 radical (unpaired) electrons. The Kier molecular flexibility index (Phi) is 3.28. The standard InChI is InChI=1S/C33H19N3/c1-2-10-22-18-30-26(16-21(22)9-1)27-17-23(25-13-7-11-20-8-3-4-12-24(20)25)19-31-32(27)36(30)33-34-28-14-5-6-15-29(28)35(31)33/h1-19H. The highest BCUT2D eigenvalue weighted by molar-refractivity contribution is 6.20. The molecule has 0 saturated carbocycles. The number of benzene rings is 6. The van der Waals surface area contributed by atoms with E-state index in [0.29, 0.717) is 0 Å². The molecule has 0 atom stereocenters. The van der Waals surface area contributed by atoms with Gasteiger partial charge in [0, 0.05) is 10.8 Å². The van der Waals surface area contributed by atoms with Crippen LogP contribution in [0, 0.1) is 0 Å². The van der Waals surface area contributed by atoms with Crippen molar-refractivity contribution in [3.05, 3.63) is 115 Å². The van der Waals surface area contributed by atoms with Crippen molar-refractivity contribution in [3.63, 3.8) is 0 Å². The van der Waals surface area contributed by atoms with E-state index < -0.39 is 0 Å². The molecule has 9 aromatic rings. The zero-order chi connectivity index (χ0) is 23.4. The molecule has 0 spiro atoms. The Bertz CT molecular complexity index is 2310. The van der Waals surface area contributed by atoms with Crippen LogP contribution in [0.3, 0.4) is 0 Å². The highest BCUT2D eigenvalue weighted by Gasteiger charge is 2.22. The number of para-hydroxylation sites is 2. The molecule has 3 nitrogen and oxygen atoms in total. The first-order valence-corrected chi connectivity index (χ1v) is 12.3. The van der Waals surface area contributed by atoms with Crippen molar-refractivity contribution < 1.29 is 0 Å². The van der Waals surface area contributed by atoms with Gasteiger partial charge in [0.05, 0.1) is 27.6 Å². The summed E-state index contributed by atoms with van der Waals surface area (Å²) in [5.41, 5.74) is 8.27. The molecule has 0 fully saturated rings. The minimum absolute atomic E-state index is 0.969. The maximum Gasteiger partial charge on any atom is 0.220 e. The summed E-state index contributed by atoms with van der Waals surface area (Å²) in [6.07, 6.45) is 0. The van der Waals surface area contributed by atoms with E-state index in [-0.39, 0.29) is 0 Å². The van der Waals surface area contributed by atoms with Crippen molar-refractivity contribution in [2.45, 2.75) is 0 Å². The maximum absolute atomic E-state index is 5.11. The van der Waals surface area contributed by atoms with E-state index in [2.05, 4.69) is 124 Å². The summed E-state index contributed by atoms with van der Waals surface area (Å²) in [4.78, 5) is 5.11. The molecule has 0 saturated heterocycles. The third kappa shape index (κ3) is 2.21. The summed E-state index contributed by atoms with van der Waals surface area (Å²) in [6, 6.07) is 41.7. The van der Waals surface area contributed by atoms with Gasteiger partial charge in [0.15, 0.2) is 0 Å². The predicted molar refractivity (Wildman–Crippen MR) is 150 cm³/mol. The Balaban J connectivity index is 1.55. The van der Waals surface area contributed by atoms with Crippen molar-refractivity contribution in [2.75, 3.05) is 0 Å². The molecule has 0 aliphatic carbocycles. The topological polar surface area (TPSA) is 21.7 Å². The minimum Gasteiger partial charge on any atom is -0.277 e. The molecule has 0 N–H and O–H groups in total. The third-order valence-electron chi connectivity index (χ3n) is 7.79. The van der Waals surface area contributed by atoms with Gasteiger partial charge in [0.2, 0.25) is 5.78 Å². The molecule has 9 rings (SSSR count). The minimum atomic E-state index is 0.969. The number of nitrogens with zero attached hydrogens (tertiary/aromatic N) is 3. The number of rotatable bonds is 1. The molecule has 166 valence electrons. The smallest absolute Gasteiger partial charge is 0.220 e. The summed E-state index contributed by atoms with van der Waals surface area (Å²) in [5, 5.41) is 7.57. The molecule has 0 aliphatic rings. The highest BCUT2D eigenvalue weighted by atomic mass is 15.2. The first-order valence-electron chi connectivity index (χ1n) is 12.3. The molecule has 0 amide bonds. The van der Waals surface area contributed by atoms with Gasteiger partial charge in [-0.3, -0.25) is 8.80 Å². The lowest BCUT2D eigenvalue weighted by Crippen LogP contribution is -1.86. The molecular formula is C33H19N3. The van der Waals surface area contributed by atoms with Gasteiger partial charge in [-0.05, 0) is 69.1 Å². The number of hydrogen-bond donors (Lipinski definition) is 0. The van der Waals surface area contributed by atoms with Crippen LogP contribution in [0.25, 0.3) is 76.8 Å². The average Bonchev–Trinajstić information content (AvgIpc) is 3.56. The first kappa shape index (κ1) is 18.4. The lowest BCUT2D eigenvalue weighted by Gasteiger charge is -2.08. The number of imidazole rings is 2. The second-order valence-corrected chi connectivity index (χ2v) is 9.71. The zero-order valence-corrected chi connectivity index (χ0v) is 19.3. The van der Waals surface area contributed by atoms with Crippen LogP contribution in [-0.4, -0.2) is 13.8 Å². The van der Waals surface area contributed by atoms with Crippen LogP contribution < -0.4 is 0 Å². The summed E-state index contributed by atoms with van der Waals surface area (Å²) in [7, 11) is 0. The number of hydrogen-bond acceptors (Lipinski definition) is 1. The Labute approximate surface area is 205 Å². The third-order valence-corrected chi connectivity index (χ3v) is 7.79. The van der Waals surface area contributed by atoms with Gasteiger partial charge in [-0.1, -0.05) is 78.9 Å². The number of aromatic nitrogens is 3. The molecule has 0 bridgehead atoms. The molecule has 6 aromatic carbocycles. The van der Waals surface area contributed by atoms with Crippen LogP contribution in [0.1, 0.15) is 0 Å². The fourth-order valence-corrected chi connectivity index (χ4v) is 6.22. The van der Waals surface area contributed by atoms with E-state index in [4.69, 9.17) is 4.98 Å². The second kappa shape index (κ2) is 6.41. The van der Waals surface area contributed by atoms with E-state index in [0.717, 1.165) is 16.8 Å². The Hall–Kier alpha value is -4.89. The van der Waals surface area contributed by atoms with E-state index in [9.17, 15) is 0 Å². The Morgan fingerprint density at radius 2 is 1.22 bits per heavy atom. The average molecular weight is 458 g/mol. The van der Waals surface area contributed by atoms with Crippen molar-refractivity contribution >= 4 is 65.7 Å². The lowest BCUT2D eigenvalue weighted by molar-refractivity contribution is 1.22.